The Morgan fingerprint density at radius 3 is 2.79 bits per heavy atom. The quantitative estimate of drug-likeness (QED) is 0.900. The predicted molar refractivity (Wildman–Crippen MR) is 77.8 cm³/mol. The van der Waals surface area contributed by atoms with Gasteiger partial charge in [0.05, 0.1) is 20.8 Å². The molecule has 0 bridgehead atoms. The number of benzene rings is 1. The number of nitrogens with zero attached hydrogens (tertiary/aromatic N) is 1. The van der Waals surface area contributed by atoms with Crippen LogP contribution in [0.1, 0.15) is 18.4 Å². The van der Waals surface area contributed by atoms with E-state index in [9.17, 15) is 5.11 Å². The van der Waals surface area contributed by atoms with Crippen molar-refractivity contribution in [2.24, 2.45) is 0 Å². The normalized spacial score (nSPS) is 19.7. The average molecular weight is 330 g/mol. The summed E-state index contributed by atoms with van der Waals surface area (Å²) >= 11 is 3.58. The maximum atomic E-state index is 9.39. The zero-order chi connectivity index (χ0) is 13.8. The second kappa shape index (κ2) is 6.59. The fourth-order valence-electron chi connectivity index (χ4n) is 2.55. The van der Waals surface area contributed by atoms with Crippen LogP contribution >= 0.6 is 15.9 Å². The van der Waals surface area contributed by atoms with Gasteiger partial charge in [-0.1, -0.05) is 15.9 Å². The first-order valence-electron chi connectivity index (χ1n) is 6.45. The van der Waals surface area contributed by atoms with Gasteiger partial charge in [-0.2, -0.15) is 0 Å². The van der Waals surface area contributed by atoms with Gasteiger partial charge in [0, 0.05) is 28.7 Å². The van der Waals surface area contributed by atoms with E-state index < -0.39 is 0 Å². The Hall–Kier alpha value is -0.780. The van der Waals surface area contributed by atoms with Crippen LogP contribution in [0.25, 0.3) is 0 Å². The first-order chi connectivity index (χ1) is 9.19. The molecule has 0 aromatic heterocycles. The Morgan fingerprint density at radius 1 is 1.37 bits per heavy atom. The van der Waals surface area contributed by atoms with Crippen LogP contribution in [0.5, 0.6) is 11.5 Å². The third kappa shape index (κ3) is 3.22. The summed E-state index contributed by atoms with van der Waals surface area (Å²) < 4.78 is 11.7. The van der Waals surface area contributed by atoms with Crippen molar-refractivity contribution in [2.45, 2.75) is 25.4 Å². The lowest BCUT2D eigenvalue weighted by molar-refractivity contribution is 0.152. The lowest BCUT2D eigenvalue weighted by Crippen LogP contribution is -2.31. The topological polar surface area (TPSA) is 41.9 Å². The molecule has 1 saturated heterocycles. The van der Waals surface area contributed by atoms with Crippen LogP contribution in [0, 0.1) is 0 Å². The average Bonchev–Trinajstić information content (AvgIpc) is 2.87. The van der Waals surface area contributed by atoms with Crippen molar-refractivity contribution in [3.8, 4) is 11.5 Å². The van der Waals surface area contributed by atoms with Gasteiger partial charge in [-0.25, -0.2) is 0 Å². The highest BCUT2D eigenvalue weighted by molar-refractivity contribution is 9.10. The van der Waals surface area contributed by atoms with E-state index >= 15 is 0 Å². The molecule has 5 heteroatoms. The summed E-state index contributed by atoms with van der Waals surface area (Å²) in [7, 11) is 3.31. The molecule has 1 aliphatic rings. The highest BCUT2D eigenvalue weighted by Crippen LogP contribution is 2.34. The summed E-state index contributed by atoms with van der Waals surface area (Å²) in [5.41, 5.74) is 1.10. The predicted octanol–water partition coefficient (Wildman–Crippen LogP) is 2.42. The van der Waals surface area contributed by atoms with E-state index in [0.29, 0.717) is 0 Å². The Balaban J connectivity index is 2.24. The number of ether oxygens (including phenoxy) is 2. The van der Waals surface area contributed by atoms with E-state index in [0.717, 1.165) is 47.5 Å². The fraction of sp³-hybridized carbons (Fsp3) is 0.571. The van der Waals surface area contributed by atoms with Crippen molar-refractivity contribution in [2.75, 3.05) is 27.4 Å². The molecular formula is C14H20BrNO3. The van der Waals surface area contributed by atoms with E-state index in [2.05, 4.69) is 20.8 Å². The number of hydrogen-bond donors (Lipinski definition) is 1. The van der Waals surface area contributed by atoms with Crippen molar-refractivity contribution in [3.63, 3.8) is 0 Å². The minimum absolute atomic E-state index is 0.218. The van der Waals surface area contributed by atoms with Crippen LogP contribution in [0.15, 0.2) is 16.6 Å². The molecule has 1 N–H and O–H groups in total. The third-order valence-corrected chi connectivity index (χ3v) is 4.36. The molecule has 4 nitrogen and oxygen atoms in total. The van der Waals surface area contributed by atoms with Gasteiger partial charge in [-0.3, -0.25) is 4.90 Å². The molecule has 106 valence electrons. The summed E-state index contributed by atoms with van der Waals surface area (Å²) in [6.07, 6.45) is 2.20. The molecule has 1 aromatic carbocycles. The SMILES string of the molecule is COc1cc(Br)c(CN2CCC[C@@H]2CO)c(OC)c1. The van der Waals surface area contributed by atoms with Crippen molar-refractivity contribution in [3.05, 3.63) is 22.2 Å². The van der Waals surface area contributed by atoms with Crippen molar-refractivity contribution < 1.29 is 14.6 Å². The highest BCUT2D eigenvalue weighted by atomic mass is 79.9. The first kappa shape index (κ1) is 14.6. The Morgan fingerprint density at radius 2 is 2.16 bits per heavy atom. The van der Waals surface area contributed by atoms with Gasteiger partial charge in [0.2, 0.25) is 0 Å². The van der Waals surface area contributed by atoms with Crippen LogP contribution in [0.3, 0.4) is 0 Å². The fourth-order valence-corrected chi connectivity index (χ4v) is 3.10. The van der Waals surface area contributed by atoms with Crippen LogP contribution in [0.4, 0.5) is 0 Å². The zero-order valence-electron chi connectivity index (χ0n) is 11.4. The van der Waals surface area contributed by atoms with Gasteiger partial charge in [0.25, 0.3) is 0 Å². The second-order valence-electron chi connectivity index (χ2n) is 4.74. The van der Waals surface area contributed by atoms with Gasteiger partial charge in [-0.15, -0.1) is 0 Å². The monoisotopic (exact) mass is 329 g/mol. The van der Waals surface area contributed by atoms with Gasteiger partial charge >= 0.3 is 0 Å². The van der Waals surface area contributed by atoms with Crippen LogP contribution in [-0.2, 0) is 6.54 Å². The van der Waals surface area contributed by atoms with Gasteiger partial charge in [0.1, 0.15) is 11.5 Å². The van der Waals surface area contributed by atoms with Gasteiger partial charge in [0.15, 0.2) is 0 Å². The highest BCUT2D eigenvalue weighted by Gasteiger charge is 2.25. The molecule has 1 aromatic rings. The molecule has 0 radical (unpaired) electrons. The third-order valence-electron chi connectivity index (χ3n) is 3.65. The van der Waals surface area contributed by atoms with Gasteiger partial charge in [-0.05, 0) is 25.5 Å². The summed E-state index contributed by atoms with van der Waals surface area (Å²) in [6, 6.07) is 4.10. The Labute approximate surface area is 122 Å². The summed E-state index contributed by atoms with van der Waals surface area (Å²) in [5.74, 6) is 1.59. The maximum Gasteiger partial charge on any atom is 0.128 e. The molecule has 2 rings (SSSR count). The number of likely N-dealkylation sites (tertiary alicyclic amines) is 1. The van der Waals surface area contributed by atoms with Crippen molar-refractivity contribution in [1.29, 1.82) is 0 Å². The lowest BCUT2D eigenvalue weighted by atomic mass is 10.1. The molecule has 0 spiro atoms. The summed E-state index contributed by atoms with van der Waals surface area (Å²) in [5, 5.41) is 9.39. The van der Waals surface area contributed by atoms with Crippen LogP contribution < -0.4 is 9.47 Å². The lowest BCUT2D eigenvalue weighted by Gasteiger charge is -2.24. The maximum absolute atomic E-state index is 9.39. The molecule has 1 atom stereocenters. The molecule has 0 saturated carbocycles. The molecule has 0 aliphatic carbocycles. The summed E-state index contributed by atoms with van der Waals surface area (Å²) in [6.45, 7) is 2.02. The minimum Gasteiger partial charge on any atom is -0.497 e. The zero-order valence-corrected chi connectivity index (χ0v) is 12.9. The van der Waals surface area contributed by atoms with E-state index in [1.54, 1.807) is 14.2 Å². The van der Waals surface area contributed by atoms with E-state index in [1.807, 2.05) is 12.1 Å². The first-order valence-corrected chi connectivity index (χ1v) is 7.24. The number of aliphatic hydroxyl groups excluding tert-OH is 1. The van der Waals surface area contributed by atoms with Crippen molar-refractivity contribution in [1.82, 2.24) is 4.90 Å². The molecule has 0 unspecified atom stereocenters. The molecule has 19 heavy (non-hydrogen) atoms. The van der Waals surface area contributed by atoms with E-state index in [1.165, 1.54) is 0 Å². The Kier molecular flexibility index (Phi) is 5.07. The van der Waals surface area contributed by atoms with E-state index in [4.69, 9.17) is 9.47 Å². The molecule has 1 heterocycles. The smallest absolute Gasteiger partial charge is 0.128 e. The number of rotatable bonds is 5. The minimum atomic E-state index is 0.218. The molecule has 1 fully saturated rings. The molecule has 0 amide bonds. The number of halogens is 1. The van der Waals surface area contributed by atoms with Crippen LogP contribution in [-0.4, -0.2) is 43.4 Å². The van der Waals surface area contributed by atoms with Crippen LogP contribution in [0.2, 0.25) is 0 Å². The number of methoxy groups -OCH3 is 2. The largest absolute Gasteiger partial charge is 0.497 e. The summed E-state index contributed by atoms with van der Waals surface area (Å²) in [4.78, 5) is 2.30. The second-order valence-corrected chi connectivity index (χ2v) is 5.59. The van der Waals surface area contributed by atoms with Gasteiger partial charge < -0.3 is 14.6 Å². The standard InChI is InChI=1S/C14H20BrNO3/c1-18-11-6-13(15)12(14(7-11)19-2)8-16-5-3-4-10(16)9-17/h6-7,10,17H,3-5,8-9H2,1-2H3/t10-/m1/s1. The number of hydrogen-bond acceptors (Lipinski definition) is 4. The Bertz CT molecular complexity index is 439. The van der Waals surface area contributed by atoms with Crippen molar-refractivity contribution >= 4 is 15.9 Å². The number of aliphatic hydroxyl groups is 1. The van der Waals surface area contributed by atoms with E-state index in [-0.39, 0.29) is 12.6 Å². The molecular weight excluding hydrogens is 310 g/mol. The molecule has 1 aliphatic heterocycles.